The number of carbonyl (C=O) groups is 1. The van der Waals surface area contributed by atoms with Gasteiger partial charge in [0.25, 0.3) is 0 Å². The lowest BCUT2D eigenvalue weighted by molar-refractivity contribution is -0.173. The van der Waals surface area contributed by atoms with Crippen molar-refractivity contribution in [3.05, 3.63) is 59.2 Å². The molecule has 0 aliphatic heterocycles. The van der Waals surface area contributed by atoms with Gasteiger partial charge in [0, 0.05) is 12.0 Å². The van der Waals surface area contributed by atoms with Crippen molar-refractivity contribution in [3.63, 3.8) is 0 Å². The summed E-state index contributed by atoms with van der Waals surface area (Å²) in [4.78, 5) is 20.5. The lowest BCUT2D eigenvalue weighted by Crippen LogP contribution is -2.46. The summed E-state index contributed by atoms with van der Waals surface area (Å²) < 4.78 is 70.2. The number of aromatic nitrogens is 2. The quantitative estimate of drug-likeness (QED) is 0.224. The zero-order valence-corrected chi connectivity index (χ0v) is 25.5. The average molecular weight is 640 g/mol. The predicted molar refractivity (Wildman–Crippen MR) is 159 cm³/mol. The van der Waals surface area contributed by atoms with Crippen LogP contribution < -0.4 is 20.7 Å². The Hall–Kier alpha value is -3.58. The van der Waals surface area contributed by atoms with Gasteiger partial charge in [0.15, 0.2) is 15.7 Å². The summed E-state index contributed by atoms with van der Waals surface area (Å²) in [5.74, 6) is -1.29. The van der Waals surface area contributed by atoms with Crippen molar-refractivity contribution in [1.82, 2.24) is 15.3 Å². The maximum atomic E-state index is 13.0. The van der Waals surface area contributed by atoms with Crippen molar-refractivity contribution in [2.75, 3.05) is 24.3 Å². The molecule has 0 spiro atoms. The van der Waals surface area contributed by atoms with Crippen LogP contribution in [0, 0.1) is 0 Å². The second-order valence-electron chi connectivity index (χ2n) is 10.7. The Labute approximate surface area is 253 Å². The van der Waals surface area contributed by atoms with Gasteiger partial charge in [-0.3, -0.25) is 4.79 Å². The molecular weight excluding hydrogens is 607 g/mol. The molecule has 1 fully saturated rings. The standard InChI is InChI=1S/C29H33ClF3N5O4S/c1-18(2)43(40,41)24-10-6-5-9-21(24)36-25-20(30)16-34-27(38-25)37-22-15-19(11-12-23(22)42-3)28(13-7-4-8-14-28)17-35-26(39)29(31,32)33/h5-6,9-12,15-16,18H,4,7-8,13-14,17H2,1-3H3,(H,35,39)(H2,34,36,37,38). The Balaban J connectivity index is 1.66. The van der Waals surface area contributed by atoms with Crippen molar-refractivity contribution in [2.45, 2.75) is 67.7 Å². The molecule has 43 heavy (non-hydrogen) atoms. The number of nitrogens with one attached hydrogen (secondary N) is 3. The van der Waals surface area contributed by atoms with Crippen LogP contribution >= 0.6 is 11.6 Å². The molecule has 0 atom stereocenters. The number of nitrogens with zero attached hydrogens (tertiary/aromatic N) is 2. The van der Waals surface area contributed by atoms with Crippen LogP contribution in [-0.4, -0.2) is 49.4 Å². The van der Waals surface area contributed by atoms with E-state index in [1.165, 1.54) is 19.4 Å². The number of hydrogen-bond acceptors (Lipinski definition) is 8. The number of sulfone groups is 1. The first-order chi connectivity index (χ1) is 20.3. The summed E-state index contributed by atoms with van der Waals surface area (Å²) in [7, 11) is -2.14. The second-order valence-corrected chi connectivity index (χ2v) is 13.5. The maximum absolute atomic E-state index is 13.0. The van der Waals surface area contributed by atoms with Crippen molar-refractivity contribution in [3.8, 4) is 5.75 Å². The SMILES string of the molecule is COc1ccc(C2(CNC(=O)C(F)(F)F)CCCCC2)cc1Nc1ncc(Cl)c(Nc2ccccc2S(=O)(=O)C(C)C)n1. The maximum Gasteiger partial charge on any atom is 0.471 e. The average Bonchev–Trinajstić information content (AvgIpc) is 2.97. The van der Waals surface area contributed by atoms with Gasteiger partial charge in [-0.05, 0) is 56.5 Å². The van der Waals surface area contributed by atoms with E-state index in [2.05, 4.69) is 25.9 Å². The second kappa shape index (κ2) is 13.0. The summed E-state index contributed by atoms with van der Waals surface area (Å²) in [5.41, 5.74) is 0.768. The Morgan fingerprint density at radius 3 is 2.42 bits per heavy atom. The van der Waals surface area contributed by atoms with Gasteiger partial charge in [-0.1, -0.05) is 49.1 Å². The highest BCUT2D eigenvalue weighted by Gasteiger charge is 2.41. The fourth-order valence-electron chi connectivity index (χ4n) is 5.12. The number of halogens is 4. The zero-order valence-electron chi connectivity index (χ0n) is 23.9. The van der Waals surface area contributed by atoms with Crippen molar-refractivity contribution >= 4 is 50.5 Å². The van der Waals surface area contributed by atoms with E-state index < -0.39 is 32.6 Å². The molecule has 1 aromatic heterocycles. The number of methoxy groups -OCH3 is 1. The van der Waals surface area contributed by atoms with E-state index in [4.69, 9.17) is 16.3 Å². The van der Waals surface area contributed by atoms with Gasteiger partial charge >= 0.3 is 12.1 Å². The van der Waals surface area contributed by atoms with Crippen molar-refractivity contribution in [1.29, 1.82) is 0 Å². The number of anilines is 4. The number of hydrogen-bond donors (Lipinski definition) is 3. The molecule has 9 nitrogen and oxygen atoms in total. The van der Waals surface area contributed by atoms with E-state index in [0.29, 0.717) is 30.0 Å². The molecule has 0 unspecified atom stereocenters. The van der Waals surface area contributed by atoms with Gasteiger partial charge in [0.05, 0.1) is 34.8 Å². The Morgan fingerprint density at radius 1 is 1.07 bits per heavy atom. The van der Waals surface area contributed by atoms with Gasteiger partial charge in [-0.15, -0.1) is 0 Å². The van der Waals surface area contributed by atoms with E-state index >= 15 is 0 Å². The van der Waals surface area contributed by atoms with E-state index in [1.807, 2.05) is 0 Å². The van der Waals surface area contributed by atoms with Gasteiger partial charge in [-0.25, -0.2) is 13.4 Å². The smallest absolute Gasteiger partial charge is 0.471 e. The van der Waals surface area contributed by atoms with E-state index in [-0.39, 0.29) is 28.2 Å². The Bertz CT molecular complexity index is 1580. The highest BCUT2D eigenvalue weighted by atomic mass is 35.5. The largest absolute Gasteiger partial charge is 0.495 e. The number of para-hydroxylation sites is 1. The van der Waals surface area contributed by atoms with Crippen LogP contribution in [0.5, 0.6) is 5.75 Å². The molecule has 3 N–H and O–H groups in total. The molecule has 2 aromatic carbocycles. The van der Waals surface area contributed by atoms with Crippen LogP contribution in [0.15, 0.2) is 53.6 Å². The lowest BCUT2D eigenvalue weighted by Gasteiger charge is -2.38. The molecule has 0 saturated heterocycles. The summed E-state index contributed by atoms with van der Waals surface area (Å²) in [6.07, 6.45) is 0.137. The molecule has 14 heteroatoms. The molecule has 1 aliphatic carbocycles. The van der Waals surface area contributed by atoms with Crippen LogP contribution in [0.2, 0.25) is 5.02 Å². The first kappa shape index (κ1) is 32.3. The number of alkyl halides is 3. The Kier molecular flexibility index (Phi) is 9.75. The van der Waals surface area contributed by atoms with E-state index in [1.54, 1.807) is 50.2 Å². The van der Waals surface area contributed by atoms with Crippen molar-refractivity contribution < 1.29 is 31.1 Å². The number of benzene rings is 2. The van der Waals surface area contributed by atoms with Crippen LogP contribution in [0.4, 0.5) is 36.3 Å². The molecule has 4 rings (SSSR count). The summed E-state index contributed by atoms with van der Waals surface area (Å²) >= 11 is 6.37. The molecule has 0 bridgehead atoms. The topological polar surface area (TPSA) is 122 Å². The number of amides is 1. The molecular formula is C29H33ClF3N5O4S. The summed E-state index contributed by atoms with van der Waals surface area (Å²) in [6, 6.07) is 11.7. The molecule has 1 saturated carbocycles. The van der Waals surface area contributed by atoms with Crippen LogP contribution in [0.25, 0.3) is 0 Å². The molecule has 0 radical (unpaired) electrons. The van der Waals surface area contributed by atoms with Crippen LogP contribution in [0.3, 0.4) is 0 Å². The van der Waals surface area contributed by atoms with E-state index in [9.17, 15) is 26.4 Å². The van der Waals surface area contributed by atoms with Gasteiger partial charge < -0.3 is 20.7 Å². The fraction of sp³-hybridized carbons (Fsp3) is 0.414. The van der Waals surface area contributed by atoms with Gasteiger partial charge in [0.2, 0.25) is 5.95 Å². The normalized spacial score (nSPS) is 15.2. The minimum absolute atomic E-state index is 0.0963. The minimum atomic E-state index is -4.97. The molecule has 232 valence electrons. The number of rotatable bonds is 10. The predicted octanol–water partition coefficient (Wildman–Crippen LogP) is 6.69. The lowest BCUT2D eigenvalue weighted by atomic mass is 9.69. The van der Waals surface area contributed by atoms with Crippen molar-refractivity contribution in [2.24, 2.45) is 0 Å². The molecule has 1 aliphatic rings. The molecule has 1 heterocycles. The fourth-order valence-corrected chi connectivity index (χ4v) is 6.46. The highest BCUT2D eigenvalue weighted by Crippen LogP contribution is 2.42. The summed E-state index contributed by atoms with van der Waals surface area (Å²) in [6.45, 7) is 3.02. The third-order valence-corrected chi connectivity index (χ3v) is 10.0. The van der Waals surface area contributed by atoms with E-state index in [0.717, 1.165) is 24.8 Å². The Morgan fingerprint density at radius 2 is 1.77 bits per heavy atom. The first-order valence-corrected chi connectivity index (χ1v) is 15.6. The third-order valence-electron chi connectivity index (χ3n) is 7.53. The van der Waals surface area contributed by atoms with Gasteiger partial charge in [-0.2, -0.15) is 18.2 Å². The summed E-state index contributed by atoms with van der Waals surface area (Å²) in [5, 5.41) is 7.67. The number of carbonyl (C=O) groups excluding carboxylic acids is 1. The third kappa shape index (κ3) is 7.32. The minimum Gasteiger partial charge on any atom is -0.495 e. The van der Waals surface area contributed by atoms with Crippen LogP contribution in [-0.2, 0) is 20.0 Å². The van der Waals surface area contributed by atoms with Gasteiger partial charge in [0.1, 0.15) is 10.8 Å². The number of ether oxygens (including phenoxy) is 1. The zero-order chi connectivity index (χ0) is 31.4. The highest BCUT2D eigenvalue weighted by molar-refractivity contribution is 7.92. The van der Waals surface area contributed by atoms with Crippen LogP contribution in [0.1, 0.15) is 51.5 Å². The molecule has 3 aromatic rings. The molecule has 1 amide bonds. The monoisotopic (exact) mass is 639 g/mol. The first-order valence-electron chi connectivity index (χ1n) is 13.7.